The van der Waals surface area contributed by atoms with Crippen LogP contribution in [-0.2, 0) is 0 Å². The number of nitrogens with zero attached hydrogens (tertiary/aromatic N) is 6. The van der Waals surface area contributed by atoms with Gasteiger partial charge in [0.05, 0.1) is 5.01 Å². The summed E-state index contributed by atoms with van der Waals surface area (Å²) in [7, 11) is 0. The summed E-state index contributed by atoms with van der Waals surface area (Å²) in [6, 6.07) is 7.96. The quantitative estimate of drug-likeness (QED) is 0.537. The zero-order chi connectivity index (χ0) is 19.1. The minimum Gasteiger partial charge on any atom is -0.337 e. The summed E-state index contributed by atoms with van der Waals surface area (Å²) in [5.41, 5.74) is 3.50. The van der Waals surface area contributed by atoms with Crippen LogP contribution < -0.4 is 0 Å². The van der Waals surface area contributed by atoms with Crippen molar-refractivity contribution < 1.29 is 4.79 Å². The summed E-state index contributed by atoms with van der Waals surface area (Å²) >= 11 is 1.50. The predicted molar refractivity (Wildman–Crippen MR) is 106 cm³/mol. The van der Waals surface area contributed by atoms with Crippen molar-refractivity contribution in [2.45, 2.75) is 19.3 Å². The van der Waals surface area contributed by atoms with Gasteiger partial charge >= 0.3 is 0 Å². The number of likely N-dealkylation sites (tertiary alicyclic amines) is 1. The zero-order valence-corrected chi connectivity index (χ0v) is 16.1. The van der Waals surface area contributed by atoms with Crippen molar-refractivity contribution in [1.82, 2.24) is 29.5 Å². The molecule has 5 rings (SSSR count). The number of rotatable bonds is 3. The van der Waals surface area contributed by atoms with Crippen LogP contribution >= 0.6 is 11.3 Å². The molecule has 1 amide bonds. The number of aryl methyl sites for hydroxylation is 1. The summed E-state index contributed by atoms with van der Waals surface area (Å²) in [6.07, 6.45) is 6.40. The lowest BCUT2D eigenvalue weighted by molar-refractivity contribution is 0.0785. The second kappa shape index (κ2) is 6.79. The Kier molecular flexibility index (Phi) is 4.12. The van der Waals surface area contributed by atoms with Crippen molar-refractivity contribution in [1.29, 1.82) is 0 Å². The first-order chi connectivity index (χ1) is 13.7. The molecule has 1 aliphatic rings. The smallest absolute Gasteiger partial charge is 0.273 e. The number of carbonyl (C=O) groups excluding carboxylic acids is 1. The van der Waals surface area contributed by atoms with Gasteiger partial charge < -0.3 is 4.90 Å². The number of fused-ring (bicyclic) bond motifs is 1. The Morgan fingerprint density at radius 1 is 1.14 bits per heavy atom. The normalized spacial score (nSPS) is 16.8. The average Bonchev–Trinajstić information content (AvgIpc) is 3.46. The zero-order valence-electron chi connectivity index (χ0n) is 15.3. The summed E-state index contributed by atoms with van der Waals surface area (Å²) in [5.74, 6) is 0.931. The van der Waals surface area contributed by atoms with Crippen LogP contribution in [0.1, 0.15) is 33.7 Å². The van der Waals surface area contributed by atoms with Gasteiger partial charge in [-0.15, -0.1) is 11.3 Å². The van der Waals surface area contributed by atoms with Crippen LogP contribution in [0.5, 0.6) is 0 Å². The summed E-state index contributed by atoms with van der Waals surface area (Å²) in [5, 5.41) is 7.43. The van der Waals surface area contributed by atoms with Crippen LogP contribution in [0.25, 0.3) is 16.8 Å². The number of carbonyl (C=O) groups is 1. The molecule has 4 aromatic heterocycles. The molecule has 5 heterocycles. The molecule has 0 radical (unpaired) electrons. The average molecular weight is 390 g/mol. The third-order valence-electron chi connectivity index (χ3n) is 5.04. The van der Waals surface area contributed by atoms with E-state index in [0.717, 1.165) is 34.0 Å². The molecule has 0 aliphatic carbocycles. The van der Waals surface area contributed by atoms with Gasteiger partial charge in [0.2, 0.25) is 0 Å². The number of hydrogen-bond acceptors (Lipinski definition) is 6. The predicted octanol–water partition coefficient (Wildman–Crippen LogP) is 3.19. The van der Waals surface area contributed by atoms with E-state index in [-0.39, 0.29) is 11.8 Å². The van der Waals surface area contributed by atoms with Gasteiger partial charge in [-0.3, -0.25) is 9.78 Å². The van der Waals surface area contributed by atoms with Crippen LogP contribution in [0.2, 0.25) is 0 Å². The fourth-order valence-electron chi connectivity index (χ4n) is 3.57. The van der Waals surface area contributed by atoms with Crippen molar-refractivity contribution in [2.24, 2.45) is 0 Å². The van der Waals surface area contributed by atoms with E-state index >= 15 is 0 Å². The first kappa shape index (κ1) is 17.0. The highest BCUT2D eigenvalue weighted by Crippen LogP contribution is 2.27. The highest BCUT2D eigenvalue weighted by atomic mass is 32.1. The van der Waals surface area contributed by atoms with E-state index in [4.69, 9.17) is 0 Å². The minimum absolute atomic E-state index is 0.00409. The Morgan fingerprint density at radius 2 is 2.00 bits per heavy atom. The molecule has 0 bridgehead atoms. The SMILES string of the molecule is Cc1nc(C(=O)N2CCC(c3nc4ccc(-c5ccncc5)cn4n3)C2)cs1. The third kappa shape index (κ3) is 3.05. The molecule has 1 unspecified atom stereocenters. The van der Waals surface area contributed by atoms with E-state index in [1.807, 2.05) is 52.2 Å². The van der Waals surface area contributed by atoms with Crippen LogP contribution in [0.15, 0.2) is 48.2 Å². The van der Waals surface area contributed by atoms with Gasteiger partial charge in [0, 0.05) is 48.5 Å². The lowest BCUT2D eigenvalue weighted by Gasteiger charge is -2.14. The largest absolute Gasteiger partial charge is 0.337 e. The van der Waals surface area contributed by atoms with E-state index in [0.29, 0.717) is 18.8 Å². The van der Waals surface area contributed by atoms with Gasteiger partial charge in [0.15, 0.2) is 11.5 Å². The summed E-state index contributed by atoms with van der Waals surface area (Å²) < 4.78 is 1.82. The molecule has 140 valence electrons. The standard InChI is InChI=1S/C20H18N6OS/c1-13-22-17(12-28-13)20(27)25-9-6-16(10-25)19-23-18-3-2-15(11-26(18)24-19)14-4-7-21-8-5-14/h2-5,7-8,11-12,16H,6,9-10H2,1H3. The molecule has 0 aromatic carbocycles. The van der Waals surface area contributed by atoms with Crippen LogP contribution in [0.3, 0.4) is 0 Å². The maximum Gasteiger partial charge on any atom is 0.273 e. The molecule has 4 aromatic rings. The van der Waals surface area contributed by atoms with Crippen LogP contribution in [0, 0.1) is 6.92 Å². The molecule has 28 heavy (non-hydrogen) atoms. The lowest BCUT2D eigenvalue weighted by atomic mass is 10.1. The summed E-state index contributed by atoms with van der Waals surface area (Å²) in [6.45, 7) is 3.25. The highest BCUT2D eigenvalue weighted by molar-refractivity contribution is 7.09. The Bertz CT molecular complexity index is 1150. The molecule has 1 aliphatic heterocycles. The van der Waals surface area contributed by atoms with E-state index in [2.05, 4.69) is 20.1 Å². The van der Waals surface area contributed by atoms with Gasteiger partial charge in [0.25, 0.3) is 5.91 Å². The maximum absolute atomic E-state index is 12.6. The molecule has 1 atom stereocenters. The second-order valence-corrected chi connectivity index (χ2v) is 7.98. The van der Waals surface area contributed by atoms with Gasteiger partial charge in [-0.05, 0) is 43.2 Å². The van der Waals surface area contributed by atoms with Gasteiger partial charge in [-0.2, -0.15) is 5.10 Å². The molecular formula is C20H18N6OS. The van der Waals surface area contributed by atoms with E-state index in [1.54, 1.807) is 12.4 Å². The van der Waals surface area contributed by atoms with Crippen LogP contribution in [-0.4, -0.2) is 48.5 Å². The fraction of sp³-hybridized carbons (Fsp3) is 0.250. The number of pyridine rings is 2. The Labute approximate surface area is 165 Å². The van der Waals surface area contributed by atoms with Gasteiger partial charge in [-0.25, -0.2) is 14.5 Å². The van der Waals surface area contributed by atoms with Crippen molar-refractivity contribution >= 4 is 22.9 Å². The third-order valence-corrected chi connectivity index (χ3v) is 5.81. The highest BCUT2D eigenvalue weighted by Gasteiger charge is 2.31. The number of hydrogen-bond donors (Lipinski definition) is 0. The number of aromatic nitrogens is 5. The fourth-order valence-corrected chi connectivity index (χ4v) is 4.15. The Hall–Kier alpha value is -3.13. The minimum atomic E-state index is -0.00409. The van der Waals surface area contributed by atoms with Crippen molar-refractivity contribution in [3.63, 3.8) is 0 Å². The molecule has 1 saturated heterocycles. The van der Waals surface area contributed by atoms with Crippen molar-refractivity contribution in [3.8, 4) is 11.1 Å². The molecular weight excluding hydrogens is 372 g/mol. The van der Waals surface area contributed by atoms with Gasteiger partial charge in [-0.1, -0.05) is 0 Å². The monoisotopic (exact) mass is 390 g/mol. The summed E-state index contributed by atoms with van der Waals surface area (Å²) in [4.78, 5) is 27.5. The van der Waals surface area contributed by atoms with Crippen molar-refractivity contribution in [2.75, 3.05) is 13.1 Å². The van der Waals surface area contributed by atoms with E-state index in [9.17, 15) is 4.79 Å². The van der Waals surface area contributed by atoms with Crippen molar-refractivity contribution in [3.05, 3.63) is 64.8 Å². The molecule has 1 fully saturated rings. The van der Waals surface area contributed by atoms with Gasteiger partial charge in [0.1, 0.15) is 5.69 Å². The Morgan fingerprint density at radius 3 is 2.79 bits per heavy atom. The first-order valence-electron chi connectivity index (χ1n) is 9.15. The molecule has 0 saturated carbocycles. The van der Waals surface area contributed by atoms with Crippen LogP contribution in [0.4, 0.5) is 0 Å². The van der Waals surface area contributed by atoms with E-state index in [1.165, 1.54) is 11.3 Å². The maximum atomic E-state index is 12.6. The molecule has 0 N–H and O–H groups in total. The Balaban J connectivity index is 1.37. The number of thiazole rings is 1. The lowest BCUT2D eigenvalue weighted by Crippen LogP contribution is -2.28. The van der Waals surface area contributed by atoms with E-state index < -0.39 is 0 Å². The second-order valence-electron chi connectivity index (χ2n) is 6.91. The molecule has 0 spiro atoms. The topological polar surface area (TPSA) is 76.3 Å². The molecule has 7 nitrogen and oxygen atoms in total. The molecule has 8 heteroatoms. The first-order valence-corrected chi connectivity index (χ1v) is 10.0. The number of amides is 1.